The van der Waals surface area contributed by atoms with Gasteiger partial charge in [0.2, 0.25) is 0 Å². The maximum Gasteiger partial charge on any atom is 0.142 e. The van der Waals surface area contributed by atoms with Crippen molar-refractivity contribution < 1.29 is 4.74 Å². The van der Waals surface area contributed by atoms with Crippen molar-refractivity contribution in [3.63, 3.8) is 0 Å². The molecule has 3 heteroatoms. The molecule has 1 aromatic heterocycles. The minimum Gasteiger partial charge on any atom is -0.495 e. The zero-order valence-electron chi connectivity index (χ0n) is 7.08. The van der Waals surface area contributed by atoms with E-state index in [4.69, 9.17) is 10.5 Å². The zero-order valence-corrected chi connectivity index (χ0v) is 7.08. The lowest BCUT2D eigenvalue weighted by Gasteiger charge is -2.06. The van der Waals surface area contributed by atoms with Gasteiger partial charge in [-0.25, -0.2) is 0 Å². The number of rotatable bonds is 2. The van der Waals surface area contributed by atoms with Gasteiger partial charge in [-0.05, 0) is 12.8 Å². The van der Waals surface area contributed by atoms with Crippen molar-refractivity contribution in [3.05, 3.63) is 18.0 Å². The number of anilines is 1. The lowest BCUT2D eigenvalue weighted by atomic mass is 10.2. The highest BCUT2D eigenvalue weighted by Gasteiger charge is 2.28. The van der Waals surface area contributed by atoms with E-state index in [1.54, 1.807) is 13.3 Å². The van der Waals surface area contributed by atoms with E-state index in [0.717, 1.165) is 11.4 Å². The number of hydrogen-bond donors (Lipinski definition) is 1. The summed E-state index contributed by atoms with van der Waals surface area (Å²) in [5.41, 5.74) is 7.31. The summed E-state index contributed by atoms with van der Waals surface area (Å²) in [6.45, 7) is 0. The van der Waals surface area contributed by atoms with Crippen LogP contribution < -0.4 is 10.5 Å². The van der Waals surface area contributed by atoms with Crippen molar-refractivity contribution in [2.45, 2.75) is 18.8 Å². The number of pyridine rings is 1. The first kappa shape index (κ1) is 7.40. The van der Waals surface area contributed by atoms with Gasteiger partial charge in [-0.2, -0.15) is 0 Å². The van der Waals surface area contributed by atoms with Crippen molar-refractivity contribution in [2.24, 2.45) is 0 Å². The zero-order chi connectivity index (χ0) is 8.55. The summed E-state index contributed by atoms with van der Waals surface area (Å²) in [6, 6.07) is 1.83. The average Bonchev–Trinajstić information content (AvgIpc) is 2.87. The predicted molar refractivity (Wildman–Crippen MR) is 47.2 cm³/mol. The molecule has 1 heterocycles. The van der Waals surface area contributed by atoms with Crippen LogP contribution in [0.5, 0.6) is 5.75 Å². The van der Waals surface area contributed by atoms with Gasteiger partial charge < -0.3 is 10.5 Å². The molecule has 64 valence electrons. The van der Waals surface area contributed by atoms with Gasteiger partial charge in [0.05, 0.1) is 24.7 Å². The molecule has 1 aliphatic carbocycles. The molecule has 0 spiro atoms. The van der Waals surface area contributed by atoms with E-state index in [1.807, 2.05) is 6.07 Å². The smallest absolute Gasteiger partial charge is 0.142 e. The van der Waals surface area contributed by atoms with E-state index in [1.165, 1.54) is 12.8 Å². The molecule has 0 aromatic carbocycles. The molecular formula is C9H12N2O. The summed E-state index contributed by atoms with van der Waals surface area (Å²) in [7, 11) is 1.66. The van der Waals surface area contributed by atoms with Crippen LogP contribution in [0.3, 0.4) is 0 Å². The second-order valence-corrected chi connectivity index (χ2v) is 3.13. The summed E-state index contributed by atoms with van der Waals surface area (Å²) in [5.74, 6) is 1.44. The van der Waals surface area contributed by atoms with Gasteiger partial charge in [-0.3, -0.25) is 4.98 Å². The van der Waals surface area contributed by atoms with E-state index in [2.05, 4.69) is 4.98 Å². The second kappa shape index (κ2) is 2.66. The second-order valence-electron chi connectivity index (χ2n) is 3.13. The highest BCUT2D eigenvalue weighted by Crippen LogP contribution is 2.43. The van der Waals surface area contributed by atoms with Gasteiger partial charge in [-0.15, -0.1) is 0 Å². The third kappa shape index (κ3) is 1.22. The van der Waals surface area contributed by atoms with Gasteiger partial charge in [0.15, 0.2) is 0 Å². The topological polar surface area (TPSA) is 48.1 Å². The van der Waals surface area contributed by atoms with E-state index < -0.39 is 0 Å². The van der Waals surface area contributed by atoms with Gasteiger partial charge in [0.1, 0.15) is 5.75 Å². The van der Waals surface area contributed by atoms with Crippen LogP contribution in [0.1, 0.15) is 24.5 Å². The maximum absolute atomic E-state index is 5.58. The number of nitrogen functional groups attached to an aromatic ring is 1. The Bertz CT molecular complexity index is 295. The monoisotopic (exact) mass is 164 g/mol. The third-order valence-corrected chi connectivity index (χ3v) is 2.09. The molecule has 0 bridgehead atoms. The van der Waals surface area contributed by atoms with Crippen LogP contribution in [0.2, 0.25) is 0 Å². The Labute approximate surface area is 71.6 Å². The van der Waals surface area contributed by atoms with Gasteiger partial charge >= 0.3 is 0 Å². The van der Waals surface area contributed by atoms with Crippen molar-refractivity contribution in [1.82, 2.24) is 4.98 Å². The summed E-state index contributed by atoms with van der Waals surface area (Å²) < 4.78 is 5.18. The molecular weight excluding hydrogens is 152 g/mol. The molecule has 3 nitrogen and oxygen atoms in total. The van der Waals surface area contributed by atoms with Crippen molar-refractivity contribution in [3.8, 4) is 5.75 Å². The highest BCUT2D eigenvalue weighted by molar-refractivity contribution is 5.45. The number of methoxy groups -OCH3 is 1. The Morgan fingerprint density at radius 2 is 2.33 bits per heavy atom. The fraction of sp³-hybridized carbons (Fsp3) is 0.444. The quantitative estimate of drug-likeness (QED) is 0.721. The molecule has 0 unspecified atom stereocenters. The maximum atomic E-state index is 5.58. The Hall–Kier alpha value is -1.25. The first-order valence-corrected chi connectivity index (χ1v) is 4.10. The van der Waals surface area contributed by atoms with E-state index in [-0.39, 0.29) is 0 Å². The summed E-state index contributed by atoms with van der Waals surface area (Å²) >= 11 is 0. The van der Waals surface area contributed by atoms with Crippen LogP contribution in [0.25, 0.3) is 0 Å². The molecule has 2 N–H and O–H groups in total. The summed E-state index contributed by atoms with van der Waals surface area (Å²) in [4.78, 5) is 4.26. The summed E-state index contributed by atoms with van der Waals surface area (Å²) in [6.07, 6.45) is 4.15. The van der Waals surface area contributed by atoms with Crippen molar-refractivity contribution >= 4 is 5.69 Å². The largest absolute Gasteiger partial charge is 0.495 e. The number of aromatic nitrogens is 1. The first-order valence-electron chi connectivity index (χ1n) is 4.10. The van der Waals surface area contributed by atoms with E-state index in [0.29, 0.717) is 11.6 Å². The molecule has 2 rings (SSSR count). The molecule has 0 amide bonds. The molecule has 0 radical (unpaired) electrons. The van der Waals surface area contributed by atoms with Crippen LogP contribution in [-0.4, -0.2) is 12.1 Å². The van der Waals surface area contributed by atoms with Crippen LogP contribution in [-0.2, 0) is 0 Å². The minimum absolute atomic E-state index is 0.612. The molecule has 1 fully saturated rings. The fourth-order valence-electron chi connectivity index (χ4n) is 1.30. The lowest BCUT2D eigenvalue weighted by Crippen LogP contribution is -1.96. The molecule has 1 aromatic rings. The Morgan fingerprint density at radius 3 is 2.92 bits per heavy atom. The predicted octanol–water partition coefficient (Wildman–Crippen LogP) is 1.55. The summed E-state index contributed by atoms with van der Waals surface area (Å²) in [5, 5.41) is 0. The van der Waals surface area contributed by atoms with Crippen molar-refractivity contribution in [2.75, 3.05) is 12.8 Å². The van der Waals surface area contributed by atoms with Crippen LogP contribution in [0, 0.1) is 0 Å². The number of nitrogens with zero attached hydrogens (tertiary/aromatic N) is 1. The van der Waals surface area contributed by atoms with E-state index >= 15 is 0 Å². The number of ether oxygens (including phenoxy) is 1. The van der Waals surface area contributed by atoms with Crippen LogP contribution in [0.15, 0.2) is 12.3 Å². The fourth-order valence-corrected chi connectivity index (χ4v) is 1.30. The molecule has 12 heavy (non-hydrogen) atoms. The molecule has 0 saturated heterocycles. The van der Waals surface area contributed by atoms with Crippen LogP contribution in [0.4, 0.5) is 5.69 Å². The van der Waals surface area contributed by atoms with Crippen LogP contribution >= 0.6 is 0 Å². The van der Waals surface area contributed by atoms with Gasteiger partial charge in [-0.1, -0.05) is 0 Å². The minimum atomic E-state index is 0.612. The number of nitrogens with two attached hydrogens (primary N) is 1. The SMILES string of the molecule is COc1cc(N)cnc1C1CC1. The Morgan fingerprint density at radius 1 is 1.58 bits per heavy atom. The normalized spacial score (nSPS) is 16.1. The van der Waals surface area contributed by atoms with Crippen molar-refractivity contribution in [1.29, 1.82) is 0 Å². The van der Waals surface area contributed by atoms with Gasteiger partial charge in [0.25, 0.3) is 0 Å². The van der Waals surface area contributed by atoms with Gasteiger partial charge in [0, 0.05) is 12.0 Å². The standard InChI is InChI=1S/C9H12N2O/c1-12-8-4-7(10)5-11-9(8)6-2-3-6/h4-6H,2-3,10H2,1H3. The molecule has 0 aliphatic heterocycles. The van der Waals surface area contributed by atoms with E-state index in [9.17, 15) is 0 Å². The Balaban J connectivity index is 2.38. The highest BCUT2D eigenvalue weighted by atomic mass is 16.5. The third-order valence-electron chi connectivity index (χ3n) is 2.09. The molecule has 1 aliphatic rings. The molecule has 0 atom stereocenters. The molecule has 1 saturated carbocycles. The average molecular weight is 164 g/mol. The lowest BCUT2D eigenvalue weighted by molar-refractivity contribution is 0.407. The number of hydrogen-bond acceptors (Lipinski definition) is 3. The Kier molecular flexibility index (Phi) is 1.64. The first-order chi connectivity index (χ1) is 5.81.